The van der Waals surface area contributed by atoms with Crippen LogP contribution in [0.2, 0.25) is 0 Å². The summed E-state index contributed by atoms with van der Waals surface area (Å²) in [6.07, 6.45) is 0.124. The van der Waals surface area contributed by atoms with Crippen LogP contribution in [0, 0.1) is 5.82 Å². The Bertz CT molecular complexity index is 902. The topological polar surface area (TPSA) is 67.9 Å². The van der Waals surface area contributed by atoms with E-state index in [1.807, 2.05) is 37.2 Å². The molecule has 146 valence electrons. The van der Waals surface area contributed by atoms with E-state index in [9.17, 15) is 12.8 Å². The van der Waals surface area contributed by atoms with Gasteiger partial charge < -0.3 is 14.4 Å². The summed E-state index contributed by atoms with van der Waals surface area (Å²) in [4.78, 5) is 1.93. The van der Waals surface area contributed by atoms with Gasteiger partial charge in [-0.25, -0.2) is 17.5 Å². The Balaban J connectivity index is 1.64. The molecule has 2 aromatic carbocycles. The van der Waals surface area contributed by atoms with Crippen molar-refractivity contribution < 1.29 is 22.3 Å². The molecule has 1 aliphatic heterocycles. The number of hydrogen-bond acceptors (Lipinski definition) is 5. The number of halogens is 1. The SMILES string of the molecule is CN(C)C(CNS(=O)(=O)CCc1ccccc1F)c1ccc2c(c1)OCO2. The number of nitrogens with zero attached hydrogens (tertiary/aromatic N) is 1. The van der Waals surface area contributed by atoms with Crippen molar-refractivity contribution in [3.63, 3.8) is 0 Å². The Morgan fingerprint density at radius 1 is 1.15 bits per heavy atom. The zero-order valence-electron chi connectivity index (χ0n) is 15.3. The number of ether oxygens (including phenoxy) is 2. The summed E-state index contributed by atoms with van der Waals surface area (Å²) < 4.78 is 51.7. The van der Waals surface area contributed by atoms with Gasteiger partial charge in [-0.2, -0.15) is 0 Å². The number of sulfonamides is 1. The maximum absolute atomic E-state index is 13.7. The average molecular weight is 394 g/mol. The first-order chi connectivity index (χ1) is 12.9. The second kappa shape index (κ2) is 8.24. The van der Waals surface area contributed by atoms with Crippen LogP contribution in [0.1, 0.15) is 17.2 Å². The third kappa shape index (κ3) is 4.97. The molecule has 0 radical (unpaired) electrons. The molecule has 1 unspecified atom stereocenters. The molecule has 0 saturated carbocycles. The van der Waals surface area contributed by atoms with Crippen LogP contribution < -0.4 is 14.2 Å². The maximum Gasteiger partial charge on any atom is 0.231 e. The predicted molar refractivity (Wildman–Crippen MR) is 101 cm³/mol. The molecule has 0 spiro atoms. The molecule has 1 N–H and O–H groups in total. The van der Waals surface area contributed by atoms with Crippen molar-refractivity contribution in [2.24, 2.45) is 0 Å². The third-order valence-electron chi connectivity index (χ3n) is 4.50. The Morgan fingerprint density at radius 3 is 2.63 bits per heavy atom. The van der Waals surface area contributed by atoms with E-state index < -0.39 is 10.0 Å². The molecule has 2 aromatic rings. The molecule has 3 rings (SSSR count). The summed E-state index contributed by atoms with van der Waals surface area (Å²) in [5.41, 5.74) is 1.31. The molecular formula is C19H23FN2O4S. The second-order valence-electron chi connectivity index (χ2n) is 6.60. The standard InChI is InChI=1S/C19H23FN2O4S/c1-22(2)17(15-7-8-18-19(11-15)26-13-25-18)12-21-27(23,24)10-9-14-5-3-4-6-16(14)20/h3-8,11,17,21H,9-10,12-13H2,1-2H3. The van der Waals surface area contributed by atoms with E-state index in [1.54, 1.807) is 18.2 Å². The van der Waals surface area contributed by atoms with Crippen molar-refractivity contribution in [1.29, 1.82) is 0 Å². The van der Waals surface area contributed by atoms with Crippen molar-refractivity contribution in [2.45, 2.75) is 12.5 Å². The van der Waals surface area contributed by atoms with Crippen molar-refractivity contribution >= 4 is 10.0 Å². The van der Waals surface area contributed by atoms with Crippen molar-refractivity contribution in [1.82, 2.24) is 9.62 Å². The van der Waals surface area contributed by atoms with Gasteiger partial charge in [0.2, 0.25) is 16.8 Å². The summed E-state index contributed by atoms with van der Waals surface area (Å²) in [7, 11) is 0.212. The first-order valence-electron chi connectivity index (χ1n) is 8.62. The maximum atomic E-state index is 13.7. The molecule has 27 heavy (non-hydrogen) atoms. The molecule has 1 aliphatic rings. The summed E-state index contributed by atoms with van der Waals surface area (Å²) >= 11 is 0. The lowest BCUT2D eigenvalue weighted by atomic mass is 10.1. The summed E-state index contributed by atoms with van der Waals surface area (Å²) in [5.74, 6) is 0.776. The van der Waals surface area contributed by atoms with E-state index in [1.165, 1.54) is 6.07 Å². The van der Waals surface area contributed by atoms with Gasteiger partial charge in [0.1, 0.15) is 5.82 Å². The highest BCUT2D eigenvalue weighted by Gasteiger charge is 2.21. The minimum atomic E-state index is -3.54. The lowest BCUT2D eigenvalue weighted by molar-refractivity contribution is 0.174. The molecule has 8 heteroatoms. The average Bonchev–Trinajstić information content (AvgIpc) is 3.09. The number of rotatable bonds is 8. The molecule has 0 fully saturated rings. The lowest BCUT2D eigenvalue weighted by Gasteiger charge is -2.25. The van der Waals surface area contributed by atoms with Gasteiger partial charge >= 0.3 is 0 Å². The number of aryl methyl sites for hydroxylation is 1. The molecule has 0 saturated heterocycles. The minimum Gasteiger partial charge on any atom is -0.454 e. The van der Waals surface area contributed by atoms with Gasteiger partial charge in [-0.3, -0.25) is 0 Å². The Morgan fingerprint density at radius 2 is 1.89 bits per heavy atom. The number of benzene rings is 2. The van der Waals surface area contributed by atoms with Gasteiger partial charge in [-0.15, -0.1) is 0 Å². The Labute approximate surface area is 159 Å². The van der Waals surface area contributed by atoms with Crippen molar-refractivity contribution in [3.8, 4) is 11.5 Å². The molecule has 0 aromatic heterocycles. The lowest BCUT2D eigenvalue weighted by Crippen LogP contribution is -2.36. The quantitative estimate of drug-likeness (QED) is 0.744. The molecule has 1 atom stereocenters. The normalized spacial score (nSPS) is 14.5. The number of fused-ring (bicyclic) bond motifs is 1. The van der Waals surface area contributed by atoms with Gasteiger partial charge in [0, 0.05) is 12.6 Å². The van der Waals surface area contributed by atoms with E-state index in [4.69, 9.17) is 9.47 Å². The Hall–Kier alpha value is -2.16. The summed E-state index contributed by atoms with van der Waals surface area (Å²) in [5, 5.41) is 0. The van der Waals surface area contributed by atoms with E-state index in [2.05, 4.69) is 4.72 Å². The fourth-order valence-corrected chi connectivity index (χ4v) is 3.99. The van der Waals surface area contributed by atoms with Gasteiger partial charge in [0.15, 0.2) is 11.5 Å². The van der Waals surface area contributed by atoms with Gasteiger partial charge in [-0.1, -0.05) is 24.3 Å². The van der Waals surface area contributed by atoms with Gasteiger partial charge in [0.25, 0.3) is 0 Å². The fraction of sp³-hybridized carbons (Fsp3) is 0.368. The molecule has 6 nitrogen and oxygen atoms in total. The first kappa shape index (κ1) is 19.6. The number of hydrogen-bond donors (Lipinski definition) is 1. The summed E-state index contributed by atoms with van der Waals surface area (Å²) in [6, 6.07) is 11.6. The second-order valence-corrected chi connectivity index (χ2v) is 8.53. The molecule has 0 bridgehead atoms. The van der Waals surface area contributed by atoms with Crippen LogP contribution in [0.4, 0.5) is 4.39 Å². The van der Waals surface area contributed by atoms with Crippen molar-refractivity contribution in [2.75, 3.05) is 33.2 Å². The van der Waals surface area contributed by atoms with E-state index >= 15 is 0 Å². The number of nitrogens with one attached hydrogen (secondary N) is 1. The molecule has 1 heterocycles. The van der Waals surface area contributed by atoms with Gasteiger partial charge in [0.05, 0.1) is 5.75 Å². The smallest absolute Gasteiger partial charge is 0.231 e. The fourth-order valence-electron chi connectivity index (χ4n) is 2.94. The highest BCUT2D eigenvalue weighted by atomic mass is 32.2. The molecule has 0 aliphatic carbocycles. The van der Waals surface area contributed by atoms with E-state index in [-0.39, 0.29) is 37.4 Å². The highest BCUT2D eigenvalue weighted by Crippen LogP contribution is 2.35. The molecular weight excluding hydrogens is 371 g/mol. The monoisotopic (exact) mass is 394 g/mol. The zero-order valence-corrected chi connectivity index (χ0v) is 16.1. The van der Waals surface area contributed by atoms with E-state index in [0.29, 0.717) is 17.1 Å². The summed E-state index contributed by atoms with van der Waals surface area (Å²) in [6.45, 7) is 0.389. The predicted octanol–water partition coefficient (Wildman–Crippen LogP) is 2.32. The van der Waals surface area contributed by atoms with Crippen LogP contribution in [0.25, 0.3) is 0 Å². The Kier molecular flexibility index (Phi) is 5.98. The minimum absolute atomic E-state index is 0.124. The van der Waals surface area contributed by atoms with Crippen LogP contribution in [-0.2, 0) is 16.4 Å². The van der Waals surface area contributed by atoms with Crippen molar-refractivity contribution in [3.05, 3.63) is 59.4 Å². The number of likely N-dealkylation sites (N-methyl/N-ethyl adjacent to an activating group) is 1. The first-order valence-corrected chi connectivity index (χ1v) is 10.3. The van der Waals surface area contributed by atoms with Gasteiger partial charge in [-0.05, 0) is 49.8 Å². The highest BCUT2D eigenvalue weighted by molar-refractivity contribution is 7.89. The van der Waals surface area contributed by atoms with Crippen LogP contribution >= 0.6 is 0 Å². The van der Waals surface area contributed by atoms with Crippen LogP contribution in [0.15, 0.2) is 42.5 Å². The van der Waals surface area contributed by atoms with Crippen LogP contribution in [-0.4, -0.2) is 46.5 Å². The van der Waals surface area contributed by atoms with Crippen LogP contribution in [0.3, 0.4) is 0 Å². The zero-order chi connectivity index (χ0) is 19.4. The van der Waals surface area contributed by atoms with Crippen LogP contribution in [0.5, 0.6) is 11.5 Å². The largest absolute Gasteiger partial charge is 0.454 e. The molecule has 0 amide bonds. The third-order valence-corrected chi connectivity index (χ3v) is 5.85. The van der Waals surface area contributed by atoms with E-state index in [0.717, 1.165) is 5.56 Å².